The average Bonchev–Trinajstić information content (AvgIpc) is 2.99. The number of nitrogen functional groups attached to an aromatic ring is 1. The molecule has 1 fully saturated rings. The number of amidine groups is 1. The van der Waals surface area contributed by atoms with E-state index in [-0.39, 0.29) is 17.3 Å². The lowest BCUT2D eigenvalue weighted by Crippen LogP contribution is -2.32. The van der Waals surface area contributed by atoms with Crippen LogP contribution in [-0.2, 0) is 10.2 Å². The third-order valence-electron chi connectivity index (χ3n) is 2.43. The molecule has 1 aromatic carbocycles. The van der Waals surface area contributed by atoms with Gasteiger partial charge in [-0.15, -0.1) is 0 Å². The van der Waals surface area contributed by atoms with E-state index in [0.717, 1.165) is 18.9 Å². The van der Waals surface area contributed by atoms with Gasteiger partial charge < -0.3 is 5.73 Å². The highest BCUT2D eigenvalue weighted by Crippen LogP contribution is 2.22. The first-order chi connectivity index (χ1) is 8.39. The highest BCUT2D eigenvalue weighted by atomic mass is 32.2. The molecule has 0 radical (unpaired) electrons. The molecule has 2 rings (SSSR count). The van der Waals surface area contributed by atoms with Crippen LogP contribution in [0.25, 0.3) is 0 Å². The van der Waals surface area contributed by atoms with E-state index in [2.05, 4.69) is 9.44 Å². The zero-order valence-electron chi connectivity index (χ0n) is 9.40. The SMILES string of the molecule is N=C(N)c1c(F)cccc1NS(=O)(=O)NC1CC1. The molecule has 98 valence electrons. The zero-order valence-corrected chi connectivity index (χ0v) is 10.2. The topological polar surface area (TPSA) is 108 Å². The second-order valence-corrected chi connectivity index (χ2v) is 5.52. The predicted octanol–water partition coefficient (Wildman–Crippen LogP) is 0.518. The van der Waals surface area contributed by atoms with Crippen molar-refractivity contribution >= 4 is 21.7 Å². The van der Waals surface area contributed by atoms with Crippen LogP contribution in [0.15, 0.2) is 18.2 Å². The van der Waals surface area contributed by atoms with E-state index in [4.69, 9.17) is 11.1 Å². The van der Waals surface area contributed by atoms with Gasteiger partial charge in [-0.1, -0.05) is 6.07 Å². The highest BCUT2D eigenvalue weighted by molar-refractivity contribution is 7.90. The van der Waals surface area contributed by atoms with Crippen LogP contribution in [-0.4, -0.2) is 20.3 Å². The zero-order chi connectivity index (χ0) is 13.3. The average molecular weight is 272 g/mol. The van der Waals surface area contributed by atoms with Crippen molar-refractivity contribution in [2.45, 2.75) is 18.9 Å². The maximum Gasteiger partial charge on any atom is 0.299 e. The molecule has 1 aromatic rings. The monoisotopic (exact) mass is 272 g/mol. The number of benzene rings is 1. The van der Waals surface area contributed by atoms with Crippen molar-refractivity contribution in [3.8, 4) is 0 Å². The molecule has 0 aromatic heterocycles. The second-order valence-electron chi connectivity index (χ2n) is 4.07. The molecular weight excluding hydrogens is 259 g/mol. The van der Waals surface area contributed by atoms with Crippen molar-refractivity contribution in [2.24, 2.45) is 5.73 Å². The third kappa shape index (κ3) is 2.96. The molecule has 18 heavy (non-hydrogen) atoms. The smallest absolute Gasteiger partial charge is 0.299 e. The first kappa shape index (κ1) is 12.8. The van der Waals surface area contributed by atoms with Gasteiger partial charge in [-0.3, -0.25) is 10.1 Å². The fraction of sp³-hybridized carbons (Fsp3) is 0.300. The van der Waals surface area contributed by atoms with Gasteiger partial charge in [0.15, 0.2) is 0 Å². The lowest BCUT2D eigenvalue weighted by molar-refractivity contribution is 0.586. The number of rotatable bonds is 5. The molecule has 0 spiro atoms. The molecule has 0 bridgehead atoms. The molecule has 5 N–H and O–H groups in total. The summed E-state index contributed by atoms with van der Waals surface area (Å²) in [7, 11) is -3.76. The Morgan fingerprint density at radius 2 is 2.11 bits per heavy atom. The van der Waals surface area contributed by atoms with E-state index in [0.29, 0.717) is 0 Å². The fourth-order valence-electron chi connectivity index (χ4n) is 1.48. The number of nitrogens with two attached hydrogens (primary N) is 1. The van der Waals surface area contributed by atoms with E-state index < -0.39 is 21.9 Å². The van der Waals surface area contributed by atoms with Crippen molar-refractivity contribution in [1.29, 1.82) is 5.41 Å². The quantitative estimate of drug-likeness (QED) is 0.463. The van der Waals surface area contributed by atoms with E-state index in [1.807, 2.05) is 0 Å². The van der Waals surface area contributed by atoms with E-state index >= 15 is 0 Å². The summed E-state index contributed by atoms with van der Waals surface area (Å²) in [6.07, 6.45) is 1.59. The predicted molar refractivity (Wildman–Crippen MR) is 66.1 cm³/mol. The lowest BCUT2D eigenvalue weighted by Gasteiger charge is -2.12. The summed E-state index contributed by atoms with van der Waals surface area (Å²) >= 11 is 0. The van der Waals surface area contributed by atoms with Crippen LogP contribution in [0.1, 0.15) is 18.4 Å². The van der Waals surface area contributed by atoms with E-state index in [1.165, 1.54) is 12.1 Å². The number of halogens is 1. The minimum absolute atomic E-state index is 0.0457. The van der Waals surface area contributed by atoms with Gasteiger partial charge in [-0.05, 0) is 25.0 Å². The van der Waals surface area contributed by atoms with Gasteiger partial charge in [0, 0.05) is 6.04 Å². The van der Waals surface area contributed by atoms with Crippen molar-refractivity contribution in [3.05, 3.63) is 29.6 Å². The fourth-order valence-corrected chi connectivity index (χ4v) is 2.67. The summed E-state index contributed by atoms with van der Waals surface area (Å²) in [5, 5.41) is 7.26. The Bertz CT molecular complexity index is 584. The molecule has 1 aliphatic carbocycles. The normalized spacial score (nSPS) is 15.4. The molecular formula is C10H13FN4O2S. The number of hydrogen-bond acceptors (Lipinski definition) is 3. The van der Waals surface area contributed by atoms with E-state index in [9.17, 15) is 12.8 Å². The molecule has 0 heterocycles. The Kier molecular flexibility index (Phi) is 3.22. The van der Waals surface area contributed by atoms with Gasteiger partial charge in [0.1, 0.15) is 11.7 Å². The van der Waals surface area contributed by atoms with Crippen LogP contribution in [0, 0.1) is 11.2 Å². The van der Waals surface area contributed by atoms with Crippen molar-refractivity contribution in [1.82, 2.24) is 4.72 Å². The maximum atomic E-state index is 13.5. The third-order valence-corrected chi connectivity index (χ3v) is 3.56. The van der Waals surface area contributed by atoms with Gasteiger partial charge >= 0.3 is 0 Å². The van der Waals surface area contributed by atoms with Crippen LogP contribution in [0.5, 0.6) is 0 Å². The highest BCUT2D eigenvalue weighted by Gasteiger charge is 2.27. The number of anilines is 1. The number of hydrogen-bond donors (Lipinski definition) is 4. The minimum atomic E-state index is -3.76. The Balaban J connectivity index is 2.28. The summed E-state index contributed by atoms with van der Waals surface area (Å²) in [6.45, 7) is 0. The van der Waals surface area contributed by atoms with Gasteiger partial charge in [-0.25, -0.2) is 4.39 Å². The summed E-state index contributed by atoms with van der Waals surface area (Å²) in [5.74, 6) is -1.27. The molecule has 8 heteroatoms. The first-order valence-electron chi connectivity index (χ1n) is 5.32. The van der Waals surface area contributed by atoms with Gasteiger partial charge in [0.25, 0.3) is 10.2 Å². The van der Waals surface area contributed by atoms with Gasteiger partial charge in [0.2, 0.25) is 0 Å². The Labute approximate surface area is 104 Å². The molecule has 6 nitrogen and oxygen atoms in total. The van der Waals surface area contributed by atoms with Crippen LogP contribution in [0.3, 0.4) is 0 Å². The summed E-state index contributed by atoms with van der Waals surface area (Å²) in [4.78, 5) is 0. The van der Waals surface area contributed by atoms with Crippen molar-refractivity contribution < 1.29 is 12.8 Å². The van der Waals surface area contributed by atoms with Crippen molar-refractivity contribution in [2.75, 3.05) is 4.72 Å². The Hall–Kier alpha value is -1.67. The molecule has 0 aliphatic heterocycles. The summed E-state index contributed by atoms with van der Waals surface area (Å²) in [6, 6.07) is 3.75. The molecule has 1 saturated carbocycles. The van der Waals surface area contributed by atoms with Crippen LogP contribution < -0.4 is 15.2 Å². The van der Waals surface area contributed by atoms with Crippen LogP contribution in [0.2, 0.25) is 0 Å². The standard InChI is InChI=1S/C10H13FN4O2S/c11-7-2-1-3-8(9(7)10(12)13)15-18(16,17)14-6-4-5-6/h1-3,6,14-15H,4-5H2,(H3,12,13). The molecule has 0 saturated heterocycles. The number of nitrogens with one attached hydrogen (secondary N) is 3. The van der Waals surface area contributed by atoms with Crippen LogP contribution >= 0.6 is 0 Å². The van der Waals surface area contributed by atoms with Gasteiger partial charge in [-0.2, -0.15) is 13.1 Å². The maximum absolute atomic E-state index is 13.5. The van der Waals surface area contributed by atoms with Crippen molar-refractivity contribution in [3.63, 3.8) is 0 Å². The van der Waals surface area contributed by atoms with Crippen LogP contribution in [0.4, 0.5) is 10.1 Å². The summed E-state index contributed by atoms with van der Waals surface area (Å²) in [5.41, 5.74) is 4.94. The largest absolute Gasteiger partial charge is 0.384 e. The molecule has 0 atom stereocenters. The minimum Gasteiger partial charge on any atom is -0.384 e. The first-order valence-corrected chi connectivity index (χ1v) is 6.80. The lowest BCUT2D eigenvalue weighted by atomic mass is 10.1. The van der Waals surface area contributed by atoms with E-state index in [1.54, 1.807) is 0 Å². The molecule has 0 unspecified atom stereocenters. The molecule has 0 amide bonds. The Morgan fingerprint density at radius 3 is 2.67 bits per heavy atom. The second kappa shape index (κ2) is 4.54. The Morgan fingerprint density at radius 1 is 1.44 bits per heavy atom. The summed E-state index contributed by atoms with van der Waals surface area (Å²) < 4.78 is 41.4. The molecule has 1 aliphatic rings. The van der Waals surface area contributed by atoms with Gasteiger partial charge in [0.05, 0.1) is 11.3 Å².